The van der Waals surface area contributed by atoms with Gasteiger partial charge in [-0.2, -0.15) is 5.10 Å². The molecule has 5 nitrogen and oxygen atoms in total. The van der Waals surface area contributed by atoms with E-state index < -0.39 is 17.6 Å². The summed E-state index contributed by atoms with van der Waals surface area (Å²) in [5, 5.41) is 14.3. The van der Waals surface area contributed by atoms with Gasteiger partial charge >= 0.3 is 5.97 Å². The number of benzene rings is 1. The lowest BCUT2D eigenvalue weighted by Gasteiger charge is -2.01. The van der Waals surface area contributed by atoms with Gasteiger partial charge < -0.3 is 5.11 Å². The molecule has 3 aromatic heterocycles. The predicted molar refractivity (Wildman–Crippen MR) is 93.3 cm³/mol. The molecule has 0 spiro atoms. The molecule has 3 heterocycles. The van der Waals surface area contributed by atoms with Crippen molar-refractivity contribution in [3.05, 3.63) is 64.8 Å². The molecular weight excluding hydrogens is 360 g/mol. The molecule has 4 aromatic rings. The fourth-order valence-corrected chi connectivity index (χ4v) is 3.84. The highest BCUT2D eigenvalue weighted by atomic mass is 32.1. The van der Waals surface area contributed by atoms with Crippen molar-refractivity contribution in [1.82, 2.24) is 14.6 Å². The molecule has 0 aliphatic carbocycles. The standard InChI is InChI=1S/C18H11F2N3O2S/c1-9-14(13-4-2-3-7-23(13)22-9)17-21-15(16(26-17)18(24)25)11-6-5-10(19)8-12(11)20/h2-8H,1H3,(H,24,25). The lowest BCUT2D eigenvalue weighted by molar-refractivity contribution is 0.0702. The number of thiazole rings is 1. The summed E-state index contributed by atoms with van der Waals surface area (Å²) in [6.07, 6.45) is 1.78. The molecule has 130 valence electrons. The van der Waals surface area contributed by atoms with Gasteiger partial charge in [0.1, 0.15) is 21.5 Å². The van der Waals surface area contributed by atoms with Gasteiger partial charge in [0, 0.05) is 17.8 Å². The van der Waals surface area contributed by atoms with E-state index in [1.54, 1.807) is 17.6 Å². The van der Waals surface area contributed by atoms with Gasteiger partial charge in [-0.25, -0.2) is 23.1 Å². The molecule has 0 unspecified atom stereocenters. The maximum absolute atomic E-state index is 14.2. The molecule has 0 atom stereocenters. The Bertz CT molecular complexity index is 1170. The minimum atomic E-state index is -1.22. The van der Waals surface area contributed by atoms with Gasteiger partial charge in [-0.15, -0.1) is 11.3 Å². The van der Waals surface area contributed by atoms with E-state index in [2.05, 4.69) is 10.1 Å². The summed E-state index contributed by atoms with van der Waals surface area (Å²) in [4.78, 5) is 15.9. The smallest absolute Gasteiger partial charge is 0.348 e. The number of rotatable bonds is 3. The van der Waals surface area contributed by atoms with Gasteiger partial charge in [0.25, 0.3) is 0 Å². The Morgan fingerprint density at radius 1 is 1.23 bits per heavy atom. The molecule has 0 radical (unpaired) electrons. The number of pyridine rings is 1. The lowest BCUT2D eigenvalue weighted by Crippen LogP contribution is -1.97. The van der Waals surface area contributed by atoms with Crippen LogP contribution in [0.25, 0.3) is 27.3 Å². The normalized spacial score (nSPS) is 11.2. The minimum absolute atomic E-state index is 0.0234. The Hall–Kier alpha value is -3.13. The van der Waals surface area contributed by atoms with Crippen LogP contribution in [0, 0.1) is 18.6 Å². The summed E-state index contributed by atoms with van der Waals surface area (Å²) in [6.45, 7) is 1.79. The van der Waals surface area contributed by atoms with Crippen molar-refractivity contribution in [3.8, 4) is 21.8 Å². The lowest BCUT2D eigenvalue weighted by atomic mass is 10.1. The fourth-order valence-electron chi connectivity index (χ4n) is 2.82. The first kappa shape index (κ1) is 16.3. The molecule has 0 aliphatic heterocycles. The second-order valence-electron chi connectivity index (χ2n) is 5.62. The highest BCUT2D eigenvalue weighted by molar-refractivity contribution is 7.17. The van der Waals surface area contributed by atoms with E-state index in [-0.39, 0.29) is 16.1 Å². The van der Waals surface area contributed by atoms with E-state index in [1.165, 1.54) is 6.07 Å². The number of hydrogen-bond acceptors (Lipinski definition) is 4. The van der Waals surface area contributed by atoms with Crippen molar-refractivity contribution >= 4 is 22.8 Å². The monoisotopic (exact) mass is 371 g/mol. The number of aromatic nitrogens is 3. The molecule has 1 aromatic carbocycles. The summed E-state index contributed by atoms with van der Waals surface area (Å²) >= 11 is 0.938. The van der Waals surface area contributed by atoms with Crippen LogP contribution in [0.1, 0.15) is 15.4 Å². The van der Waals surface area contributed by atoms with Crippen LogP contribution >= 0.6 is 11.3 Å². The minimum Gasteiger partial charge on any atom is -0.477 e. The molecule has 0 saturated carbocycles. The number of fused-ring (bicyclic) bond motifs is 1. The number of nitrogens with zero attached hydrogens (tertiary/aromatic N) is 3. The van der Waals surface area contributed by atoms with Crippen LogP contribution in [-0.2, 0) is 0 Å². The number of aryl methyl sites for hydroxylation is 1. The molecule has 0 fully saturated rings. The highest BCUT2D eigenvalue weighted by Gasteiger charge is 2.24. The maximum atomic E-state index is 14.2. The summed E-state index contributed by atoms with van der Waals surface area (Å²) in [7, 11) is 0. The molecule has 0 bridgehead atoms. The van der Waals surface area contributed by atoms with Gasteiger partial charge in [-0.3, -0.25) is 0 Å². The third kappa shape index (κ3) is 2.55. The van der Waals surface area contributed by atoms with E-state index in [4.69, 9.17) is 0 Å². The van der Waals surface area contributed by atoms with E-state index in [0.29, 0.717) is 22.3 Å². The quantitative estimate of drug-likeness (QED) is 0.579. The number of carboxylic acid groups (broad SMARTS) is 1. The number of halogens is 2. The zero-order valence-corrected chi connectivity index (χ0v) is 14.2. The van der Waals surface area contributed by atoms with Crippen molar-refractivity contribution in [3.63, 3.8) is 0 Å². The third-order valence-electron chi connectivity index (χ3n) is 3.94. The average Bonchev–Trinajstić information content (AvgIpc) is 3.15. The Morgan fingerprint density at radius 3 is 2.77 bits per heavy atom. The molecule has 8 heteroatoms. The molecule has 0 aliphatic rings. The Morgan fingerprint density at radius 2 is 2.04 bits per heavy atom. The van der Waals surface area contributed by atoms with Crippen molar-refractivity contribution in [1.29, 1.82) is 0 Å². The first-order valence-electron chi connectivity index (χ1n) is 7.59. The Labute approximate surface area is 150 Å². The van der Waals surface area contributed by atoms with Crippen molar-refractivity contribution in [2.24, 2.45) is 0 Å². The van der Waals surface area contributed by atoms with Gasteiger partial charge in [-0.1, -0.05) is 6.07 Å². The van der Waals surface area contributed by atoms with E-state index in [1.807, 2.05) is 18.2 Å². The molecule has 26 heavy (non-hydrogen) atoms. The first-order chi connectivity index (χ1) is 12.5. The number of aromatic carboxylic acids is 1. The summed E-state index contributed by atoms with van der Waals surface area (Å²) in [5.74, 6) is -2.82. The largest absolute Gasteiger partial charge is 0.477 e. The molecular formula is C18H11F2N3O2S. The fraction of sp³-hybridized carbons (Fsp3) is 0.0556. The van der Waals surface area contributed by atoms with Crippen LogP contribution in [0.2, 0.25) is 0 Å². The summed E-state index contributed by atoms with van der Waals surface area (Å²) in [6, 6.07) is 8.48. The van der Waals surface area contributed by atoms with E-state index >= 15 is 0 Å². The van der Waals surface area contributed by atoms with Crippen LogP contribution in [-0.4, -0.2) is 25.7 Å². The van der Waals surface area contributed by atoms with Crippen molar-refractivity contribution in [2.45, 2.75) is 6.92 Å². The maximum Gasteiger partial charge on any atom is 0.348 e. The average molecular weight is 371 g/mol. The van der Waals surface area contributed by atoms with Gasteiger partial charge in [0.2, 0.25) is 0 Å². The van der Waals surface area contributed by atoms with Crippen molar-refractivity contribution < 1.29 is 18.7 Å². The number of carbonyl (C=O) groups is 1. The van der Waals surface area contributed by atoms with Gasteiger partial charge in [0.05, 0.1) is 22.5 Å². The topological polar surface area (TPSA) is 67.5 Å². The highest BCUT2D eigenvalue weighted by Crippen LogP contribution is 2.38. The number of hydrogen-bond donors (Lipinski definition) is 1. The van der Waals surface area contributed by atoms with Gasteiger partial charge in [-0.05, 0) is 31.2 Å². The van der Waals surface area contributed by atoms with Crippen LogP contribution < -0.4 is 0 Å². The van der Waals surface area contributed by atoms with Crippen molar-refractivity contribution in [2.75, 3.05) is 0 Å². The SMILES string of the molecule is Cc1nn2ccccc2c1-c1nc(-c2ccc(F)cc2F)c(C(=O)O)s1. The Kier molecular flexibility index (Phi) is 3.77. The Balaban J connectivity index is 1.97. The molecule has 0 amide bonds. The van der Waals surface area contributed by atoms with E-state index in [0.717, 1.165) is 22.9 Å². The summed E-state index contributed by atoms with van der Waals surface area (Å²) < 4.78 is 29.0. The van der Waals surface area contributed by atoms with Gasteiger partial charge in [0.15, 0.2) is 0 Å². The van der Waals surface area contributed by atoms with Crippen LogP contribution in [0.4, 0.5) is 8.78 Å². The second kappa shape index (κ2) is 5.99. The van der Waals surface area contributed by atoms with Crippen LogP contribution in [0.3, 0.4) is 0 Å². The first-order valence-corrected chi connectivity index (χ1v) is 8.41. The summed E-state index contributed by atoms with van der Waals surface area (Å²) in [5.41, 5.74) is 2.05. The van der Waals surface area contributed by atoms with Crippen LogP contribution in [0.15, 0.2) is 42.6 Å². The zero-order chi connectivity index (χ0) is 18.4. The second-order valence-corrected chi connectivity index (χ2v) is 6.62. The third-order valence-corrected chi connectivity index (χ3v) is 5.00. The van der Waals surface area contributed by atoms with E-state index in [9.17, 15) is 18.7 Å². The molecule has 4 rings (SSSR count). The zero-order valence-electron chi connectivity index (χ0n) is 13.4. The molecule has 0 saturated heterocycles. The predicted octanol–water partition coefficient (Wildman–Crippen LogP) is 4.41. The number of carboxylic acids is 1. The molecule has 1 N–H and O–H groups in total. The van der Waals surface area contributed by atoms with Crippen LogP contribution in [0.5, 0.6) is 0 Å².